The first-order valence-electron chi connectivity index (χ1n) is 15.1. The molecule has 11 heteroatoms. The maximum Gasteiger partial charge on any atom is 0.410 e. The first-order chi connectivity index (χ1) is 20.8. The van der Waals surface area contributed by atoms with E-state index in [2.05, 4.69) is 20.3 Å². The fraction of sp³-hybridized carbons (Fsp3) is 0.455. The van der Waals surface area contributed by atoms with E-state index in [1.807, 2.05) is 76.6 Å². The number of hydrogen-bond donors (Lipinski definition) is 1. The van der Waals surface area contributed by atoms with Gasteiger partial charge in [-0.3, -0.25) is 9.59 Å². The minimum atomic E-state index is -0.520. The van der Waals surface area contributed by atoms with E-state index < -0.39 is 11.5 Å². The number of aromatic nitrogens is 3. The normalized spacial score (nSPS) is 17.5. The van der Waals surface area contributed by atoms with Gasteiger partial charge in [0.1, 0.15) is 5.60 Å². The molecule has 4 heterocycles. The van der Waals surface area contributed by atoms with Crippen LogP contribution in [0.2, 0.25) is 0 Å². The van der Waals surface area contributed by atoms with Crippen molar-refractivity contribution in [2.45, 2.75) is 60.1 Å². The van der Waals surface area contributed by atoms with Gasteiger partial charge in [-0.2, -0.15) is 5.10 Å². The van der Waals surface area contributed by atoms with Crippen LogP contribution in [0.4, 0.5) is 10.5 Å². The lowest BCUT2D eigenvalue weighted by molar-refractivity contribution is -0.120. The summed E-state index contributed by atoms with van der Waals surface area (Å²) in [4.78, 5) is 51.5. The Labute approximate surface area is 258 Å². The molecular formula is C33H41N7O4. The van der Waals surface area contributed by atoms with Crippen molar-refractivity contribution in [2.24, 2.45) is 10.9 Å². The van der Waals surface area contributed by atoms with Crippen LogP contribution >= 0.6 is 0 Å². The minimum absolute atomic E-state index is 0.0432. The average Bonchev–Trinajstić information content (AvgIpc) is 3.40. The second-order valence-electron chi connectivity index (χ2n) is 12.7. The number of carbonyl (C=O) groups excluding carboxylic acids is 3. The van der Waals surface area contributed by atoms with Crippen LogP contribution in [-0.2, 0) is 9.53 Å². The molecule has 1 fully saturated rings. The van der Waals surface area contributed by atoms with Crippen LogP contribution in [-0.4, -0.2) is 81.6 Å². The smallest absolute Gasteiger partial charge is 0.410 e. The van der Waals surface area contributed by atoms with E-state index in [-0.39, 0.29) is 30.5 Å². The van der Waals surface area contributed by atoms with Gasteiger partial charge in [-0.15, -0.1) is 0 Å². The maximum absolute atomic E-state index is 13.6. The summed E-state index contributed by atoms with van der Waals surface area (Å²) < 4.78 is 7.33. The summed E-state index contributed by atoms with van der Waals surface area (Å²) in [7, 11) is 0. The molecule has 0 aliphatic carbocycles. The molecule has 3 aromatic rings. The predicted molar refractivity (Wildman–Crippen MR) is 171 cm³/mol. The molecule has 1 unspecified atom stereocenters. The van der Waals surface area contributed by atoms with Crippen molar-refractivity contribution in [1.29, 1.82) is 0 Å². The molecule has 232 valence electrons. The monoisotopic (exact) mass is 599 g/mol. The lowest BCUT2D eigenvalue weighted by Crippen LogP contribution is -2.50. The number of nitrogens with one attached hydrogen (secondary N) is 1. The molecule has 3 amide bonds. The van der Waals surface area contributed by atoms with E-state index in [4.69, 9.17) is 9.72 Å². The van der Waals surface area contributed by atoms with Crippen LogP contribution in [0.3, 0.4) is 0 Å². The van der Waals surface area contributed by atoms with Crippen LogP contribution in [0.5, 0.6) is 0 Å². The Bertz CT molecular complexity index is 1640. The molecule has 1 atom stereocenters. The van der Waals surface area contributed by atoms with Crippen molar-refractivity contribution < 1.29 is 19.1 Å². The summed E-state index contributed by atoms with van der Waals surface area (Å²) in [6.07, 6.45) is 3.26. The number of fused-ring (bicyclic) bond motifs is 1. The second-order valence-corrected chi connectivity index (χ2v) is 12.7. The van der Waals surface area contributed by atoms with Crippen molar-refractivity contribution in [1.82, 2.24) is 25.0 Å². The van der Waals surface area contributed by atoms with Crippen molar-refractivity contribution in [3.05, 3.63) is 53.7 Å². The number of pyridine rings is 1. The molecule has 0 saturated carbocycles. The van der Waals surface area contributed by atoms with Gasteiger partial charge >= 0.3 is 6.09 Å². The van der Waals surface area contributed by atoms with Crippen molar-refractivity contribution in [3.8, 4) is 11.3 Å². The van der Waals surface area contributed by atoms with Crippen molar-refractivity contribution in [3.63, 3.8) is 0 Å². The molecule has 0 spiro atoms. The van der Waals surface area contributed by atoms with Crippen LogP contribution in [0.1, 0.15) is 64.9 Å². The third kappa shape index (κ3) is 6.66. The summed E-state index contributed by atoms with van der Waals surface area (Å²) in [5.41, 5.74) is 4.65. The summed E-state index contributed by atoms with van der Waals surface area (Å²) in [5.74, 6) is -1.04. The fourth-order valence-corrected chi connectivity index (χ4v) is 5.50. The van der Waals surface area contributed by atoms with Gasteiger partial charge < -0.3 is 19.9 Å². The number of benzene rings is 1. The fourth-order valence-electron chi connectivity index (χ4n) is 5.50. The highest BCUT2D eigenvalue weighted by Gasteiger charge is 2.27. The Kier molecular flexibility index (Phi) is 8.58. The summed E-state index contributed by atoms with van der Waals surface area (Å²) in [5, 5.41) is 8.12. The number of nitrogens with zero attached hydrogens (tertiary/aromatic N) is 6. The molecule has 11 nitrogen and oxygen atoms in total. The molecule has 0 radical (unpaired) electrons. The molecular weight excluding hydrogens is 558 g/mol. The summed E-state index contributed by atoms with van der Waals surface area (Å²) >= 11 is 0. The van der Waals surface area contributed by atoms with E-state index in [9.17, 15) is 14.4 Å². The topological polar surface area (TPSA) is 122 Å². The third-order valence-corrected chi connectivity index (χ3v) is 7.80. The van der Waals surface area contributed by atoms with E-state index in [1.54, 1.807) is 24.1 Å². The zero-order chi connectivity index (χ0) is 31.8. The van der Waals surface area contributed by atoms with E-state index in [1.165, 1.54) is 0 Å². The SMILES string of the molecule is CC1=CC(C)=NC(=O)C1CNC(=O)c1cc(-c2ccc(N3CCN(C(=O)OC(C)(C)C)CC3)cc2)nc2c1cnn2C(C)C. The van der Waals surface area contributed by atoms with Gasteiger partial charge in [-0.25, -0.2) is 19.5 Å². The Morgan fingerprint density at radius 1 is 1.07 bits per heavy atom. The van der Waals surface area contributed by atoms with Gasteiger partial charge in [0.05, 0.1) is 28.8 Å². The highest BCUT2D eigenvalue weighted by atomic mass is 16.6. The second kappa shape index (κ2) is 12.2. The molecule has 0 bridgehead atoms. The quantitative estimate of drug-likeness (QED) is 0.422. The molecule has 2 aliphatic rings. The number of dihydropyridines is 1. The van der Waals surface area contributed by atoms with Crippen LogP contribution in [0.25, 0.3) is 22.3 Å². The average molecular weight is 600 g/mol. The number of hydrogen-bond acceptors (Lipinski definition) is 7. The van der Waals surface area contributed by atoms with Crippen LogP contribution in [0, 0.1) is 5.92 Å². The van der Waals surface area contributed by atoms with Gasteiger partial charge in [-0.1, -0.05) is 17.7 Å². The molecule has 2 aliphatic heterocycles. The standard InChI is InChI=1S/C33H41N7O4/c1-20(2)40-29-27(19-35-40)25(30(41)34-18-26-21(3)16-22(4)36-31(26)42)17-28(37-29)23-8-10-24(11-9-23)38-12-14-39(15-13-38)32(43)44-33(5,6)7/h8-11,16-17,19-20,26H,12-15,18H2,1-7H3,(H,34,41). The van der Waals surface area contributed by atoms with Gasteiger partial charge in [-0.05, 0) is 72.7 Å². The molecule has 5 rings (SSSR count). The first-order valence-corrected chi connectivity index (χ1v) is 15.1. The highest BCUT2D eigenvalue weighted by molar-refractivity contribution is 6.08. The Morgan fingerprint density at radius 2 is 1.75 bits per heavy atom. The van der Waals surface area contributed by atoms with E-state index in [0.29, 0.717) is 54.2 Å². The number of carbonyl (C=O) groups is 3. The van der Waals surface area contributed by atoms with Crippen LogP contribution < -0.4 is 10.2 Å². The summed E-state index contributed by atoms with van der Waals surface area (Å²) in [6.45, 7) is 16.0. The predicted octanol–water partition coefficient (Wildman–Crippen LogP) is 5.03. The maximum atomic E-state index is 13.6. The lowest BCUT2D eigenvalue weighted by Gasteiger charge is -2.36. The Hall–Kier alpha value is -4.54. The molecule has 44 heavy (non-hydrogen) atoms. The van der Waals surface area contributed by atoms with Gasteiger partial charge in [0, 0.05) is 55.7 Å². The third-order valence-electron chi connectivity index (χ3n) is 7.80. The Balaban J connectivity index is 1.35. The molecule has 1 saturated heterocycles. The summed E-state index contributed by atoms with van der Waals surface area (Å²) in [6, 6.07) is 9.90. The zero-order valence-corrected chi connectivity index (χ0v) is 26.5. The molecule has 1 aromatic carbocycles. The largest absolute Gasteiger partial charge is 0.444 e. The van der Waals surface area contributed by atoms with Crippen molar-refractivity contribution >= 4 is 40.3 Å². The van der Waals surface area contributed by atoms with Crippen molar-refractivity contribution in [2.75, 3.05) is 37.6 Å². The number of allylic oxidation sites excluding steroid dienone is 1. The van der Waals surface area contributed by atoms with Gasteiger partial charge in [0.2, 0.25) is 0 Å². The lowest BCUT2D eigenvalue weighted by atomic mass is 9.95. The Morgan fingerprint density at radius 3 is 2.36 bits per heavy atom. The zero-order valence-electron chi connectivity index (χ0n) is 26.5. The number of aliphatic imine (C=N–C) groups is 1. The number of anilines is 1. The number of rotatable bonds is 6. The molecule has 2 aromatic heterocycles. The first kappa shape index (κ1) is 30.9. The number of amides is 3. The van der Waals surface area contributed by atoms with E-state index >= 15 is 0 Å². The number of ether oxygens (including phenoxy) is 1. The van der Waals surface area contributed by atoms with Crippen LogP contribution in [0.15, 0.2) is 53.2 Å². The van der Waals surface area contributed by atoms with E-state index in [0.717, 1.165) is 16.8 Å². The van der Waals surface area contributed by atoms with Gasteiger partial charge in [0.25, 0.3) is 11.8 Å². The van der Waals surface area contributed by atoms with Gasteiger partial charge in [0.15, 0.2) is 5.65 Å². The molecule has 1 N–H and O–H groups in total. The minimum Gasteiger partial charge on any atom is -0.444 e. The number of piperazine rings is 1. The highest BCUT2D eigenvalue weighted by Crippen LogP contribution is 2.29.